The van der Waals surface area contributed by atoms with Crippen LogP contribution >= 0.6 is 0 Å². The monoisotopic (exact) mass is 153 g/mol. The van der Waals surface area contributed by atoms with Crippen LogP contribution in [0.25, 0.3) is 0 Å². The average Bonchev–Trinajstić information content (AvgIpc) is 1.97. The topological polar surface area (TPSA) is 3.24 Å². The third kappa shape index (κ3) is 7.34. The molecule has 0 aliphatic heterocycles. The first-order valence-electron chi connectivity index (χ1n) is 4.17. The van der Waals surface area contributed by atoms with Gasteiger partial charge in [-0.1, -0.05) is 31.2 Å². The minimum atomic E-state index is 1.12. The Morgan fingerprint density at radius 3 is 2.64 bits per heavy atom. The summed E-state index contributed by atoms with van der Waals surface area (Å²) in [5, 5.41) is 0. The van der Waals surface area contributed by atoms with Gasteiger partial charge in [0.05, 0.1) is 0 Å². The van der Waals surface area contributed by atoms with Gasteiger partial charge in [-0.25, -0.2) is 0 Å². The van der Waals surface area contributed by atoms with Gasteiger partial charge in [0.15, 0.2) is 0 Å². The number of hydrogen-bond donors (Lipinski definition) is 0. The number of nitrogens with zero attached hydrogens (tertiary/aromatic N) is 1. The maximum atomic E-state index is 3.79. The Bertz CT molecular complexity index is 136. The molecule has 0 saturated carbocycles. The van der Waals surface area contributed by atoms with Crippen molar-refractivity contribution in [2.75, 3.05) is 20.1 Å². The van der Waals surface area contributed by atoms with Crippen molar-refractivity contribution in [3.05, 3.63) is 24.3 Å². The molecular weight excluding hydrogens is 134 g/mol. The lowest BCUT2D eigenvalue weighted by atomic mass is 10.3. The summed E-state index contributed by atoms with van der Waals surface area (Å²) in [5.74, 6) is 0. The van der Waals surface area contributed by atoms with Gasteiger partial charge < -0.3 is 4.90 Å². The second-order valence-electron chi connectivity index (χ2n) is 2.93. The Morgan fingerprint density at radius 1 is 1.55 bits per heavy atom. The number of hydrogen-bond acceptors (Lipinski definition) is 1. The van der Waals surface area contributed by atoms with Gasteiger partial charge in [0.2, 0.25) is 0 Å². The molecule has 0 aromatic carbocycles. The van der Waals surface area contributed by atoms with Crippen molar-refractivity contribution < 1.29 is 0 Å². The lowest BCUT2D eigenvalue weighted by molar-refractivity contribution is 0.360. The van der Waals surface area contributed by atoms with E-state index in [1.165, 1.54) is 0 Å². The van der Waals surface area contributed by atoms with Crippen LogP contribution in [0.3, 0.4) is 0 Å². The van der Waals surface area contributed by atoms with Crippen LogP contribution in [-0.4, -0.2) is 25.0 Å². The van der Waals surface area contributed by atoms with Gasteiger partial charge in [-0.15, -0.1) is 0 Å². The lowest BCUT2D eigenvalue weighted by Gasteiger charge is -2.10. The largest absolute Gasteiger partial charge is 0.306 e. The molecule has 0 aliphatic carbocycles. The molecule has 0 spiro atoms. The van der Waals surface area contributed by atoms with Crippen molar-refractivity contribution in [2.45, 2.75) is 20.3 Å². The summed E-state index contributed by atoms with van der Waals surface area (Å²) in [4.78, 5) is 2.29. The molecule has 0 atom stereocenters. The van der Waals surface area contributed by atoms with E-state index < -0.39 is 0 Å². The zero-order valence-electron chi connectivity index (χ0n) is 7.93. The fourth-order valence-corrected chi connectivity index (χ4v) is 0.738. The fraction of sp³-hybridized carbons (Fsp3) is 0.600. The number of allylic oxidation sites excluding steroid dienone is 2. The highest BCUT2D eigenvalue weighted by atomic mass is 15.1. The van der Waals surface area contributed by atoms with E-state index in [2.05, 4.69) is 37.6 Å². The standard InChI is InChI=1S/C10H19N/c1-5-11(4)9-7-6-8-10(2)3/h6,8H,2,5,7,9H2,1,3-4H3/b8-6+. The van der Waals surface area contributed by atoms with Crippen LogP contribution in [0.1, 0.15) is 20.3 Å². The van der Waals surface area contributed by atoms with Crippen LogP contribution < -0.4 is 0 Å². The molecule has 0 rings (SSSR count). The summed E-state index contributed by atoms with van der Waals surface area (Å²) in [6, 6.07) is 0. The molecule has 0 unspecified atom stereocenters. The van der Waals surface area contributed by atoms with E-state index >= 15 is 0 Å². The molecule has 0 bridgehead atoms. The molecule has 0 saturated heterocycles. The predicted octanol–water partition coefficient (Wildman–Crippen LogP) is 2.46. The van der Waals surface area contributed by atoms with E-state index in [9.17, 15) is 0 Å². The molecule has 0 amide bonds. The maximum absolute atomic E-state index is 3.79. The summed E-state index contributed by atoms with van der Waals surface area (Å²) >= 11 is 0. The Hall–Kier alpha value is -0.560. The molecule has 64 valence electrons. The molecule has 0 N–H and O–H groups in total. The van der Waals surface area contributed by atoms with Crippen molar-refractivity contribution in [2.24, 2.45) is 0 Å². The third-order valence-corrected chi connectivity index (χ3v) is 1.62. The Balaban J connectivity index is 3.33. The summed E-state index contributed by atoms with van der Waals surface area (Å²) in [5.41, 5.74) is 1.13. The smallest absolute Gasteiger partial charge is 0.00128 e. The molecule has 11 heavy (non-hydrogen) atoms. The average molecular weight is 153 g/mol. The molecule has 1 nitrogen and oxygen atoms in total. The molecule has 0 aliphatic rings. The first-order valence-corrected chi connectivity index (χ1v) is 4.17. The van der Waals surface area contributed by atoms with Crippen LogP contribution in [0, 0.1) is 0 Å². The molecule has 0 fully saturated rings. The first kappa shape index (κ1) is 10.4. The Kier molecular flexibility index (Phi) is 5.86. The molecule has 1 heteroatoms. The minimum Gasteiger partial charge on any atom is -0.306 e. The highest BCUT2D eigenvalue weighted by Gasteiger charge is 1.89. The molecule has 0 heterocycles. The van der Waals surface area contributed by atoms with Gasteiger partial charge in [0.1, 0.15) is 0 Å². The second kappa shape index (κ2) is 6.17. The predicted molar refractivity (Wildman–Crippen MR) is 51.7 cm³/mol. The van der Waals surface area contributed by atoms with Gasteiger partial charge in [-0.2, -0.15) is 0 Å². The molecule has 0 aromatic rings. The summed E-state index contributed by atoms with van der Waals surface area (Å²) < 4.78 is 0. The van der Waals surface area contributed by atoms with Crippen LogP contribution in [0.5, 0.6) is 0 Å². The SMILES string of the molecule is C=C(C)/C=C/CCN(C)CC. The maximum Gasteiger partial charge on any atom is 0.00128 e. The third-order valence-electron chi connectivity index (χ3n) is 1.62. The Morgan fingerprint density at radius 2 is 2.18 bits per heavy atom. The normalized spacial score (nSPS) is 11.3. The van der Waals surface area contributed by atoms with E-state index in [-0.39, 0.29) is 0 Å². The zero-order valence-corrected chi connectivity index (χ0v) is 7.93. The van der Waals surface area contributed by atoms with Crippen LogP contribution in [-0.2, 0) is 0 Å². The van der Waals surface area contributed by atoms with Crippen LogP contribution in [0.4, 0.5) is 0 Å². The van der Waals surface area contributed by atoms with E-state index in [1.807, 2.05) is 6.92 Å². The van der Waals surface area contributed by atoms with Crippen molar-refractivity contribution in [1.29, 1.82) is 0 Å². The lowest BCUT2D eigenvalue weighted by Crippen LogP contribution is -2.17. The van der Waals surface area contributed by atoms with E-state index in [4.69, 9.17) is 0 Å². The van der Waals surface area contributed by atoms with Gasteiger partial charge in [-0.3, -0.25) is 0 Å². The van der Waals surface area contributed by atoms with Crippen molar-refractivity contribution in [1.82, 2.24) is 4.90 Å². The van der Waals surface area contributed by atoms with Gasteiger partial charge >= 0.3 is 0 Å². The van der Waals surface area contributed by atoms with E-state index in [0.717, 1.165) is 25.1 Å². The van der Waals surface area contributed by atoms with E-state index in [1.54, 1.807) is 0 Å². The molecule has 0 radical (unpaired) electrons. The van der Waals surface area contributed by atoms with E-state index in [0.29, 0.717) is 0 Å². The quantitative estimate of drug-likeness (QED) is 0.548. The van der Waals surface area contributed by atoms with Crippen molar-refractivity contribution >= 4 is 0 Å². The zero-order chi connectivity index (χ0) is 8.69. The summed E-state index contributed by atoms with van der Waals surface area (Å²) in [6.45, 7) is 10.2. The van der Waals surface area contributed by atoms with Gasteiger partial charge in [0.25, 0.3) is 0 Å². The minimum absolute atomic E-state index is 1.12. The Labute approximate surface area is 70.4 Å². The number of rotatable bonds is 5. The fourth-order valence-electron chi connectivity index (χ4n) is 0.738. The highest BCUT2D eigenvalue weighted by molar-refractivity contribution is 5.10. The molecular formula is C10H19N. The van der Waals surface area contributed by atoms with Gasteiger partial charge in [0, 0.05) is 6.54 Å². The second-order valence-corrected chi connectivity index (χ2v) is 2.93. The summed E-state index contributed by atoms with van der Waals surface area (Å²) in [6.07, 6.45) is 5.37. The molecule has 0 aromatic heterocycles. The van der Waals surface area contributed by atoms with Crippen molar-refractivity contribution in [3.8, 4) is 0 Å². The van der Waals surface area contributed by atoms with Gasteiger partial charge in [-0.05, 0) is 26.9 Å². The summed E-state index contributed by atoms with van der Waals surface area (Å²) in [7, 11) is 2.13. The highest BCUT2D eigenvalue weighted by Crippen LogP contribution is 1.93. The first-order chi connectivity index (χ1) is 5.16. The van der Waals surface area contributed by atoms with Crippen LogP contribution in [0.2, 0.25) is 0 Å². The van der Waals surface area contributed by atoms with Crippen molar-refractivity contribution in [3.63, 3.8) is 0 Å². The van der Waals surface area contributed by atoms with Crippen LogP contribution in [0.15, 0.2) is 24.3 Å².